The highest BCUT2D eigenvalue weighted by molar-refractivity contribution is 9.10. The molecular weight excluding hydrogens is 494 g/mol. The second-order valence-corrected chi connectivity index (χ2v) is 10.6. The first kappa shape index (κ1) is 24.3. The number of hydrogen-bond donors (Lipinski definition) is 1. The Hall–Kier alpha value is -2.86. The third-order valence-electron chi connectivity index (χ3n) is 6.27. The zero-order valence-corrected chi connectivity index (χ0v) is 21.6. The molecule has 1 heterocycles. The summed E-state index contributed by atoms with van der Waals surface area (Å²) in [7, 11) is 0. The van der Waals surface area contributed by atoms with Crippen LogP contribution in [0.3, 0.4) is 0 Å². The van der Waals surface area contributed by atoms with Crippen LogP contribution in [-0.2, 0) is 20.9 Å². The molecule has 6 heteroatoms. The molecule has 0 fully saturated rings. The van der Waals surface area contributed by atoms with Gasteiger partial charge < -0.3 is 14.8 Å². The summed E-state index contributed by atoms with van der Waals surface area (Å²) < 4.78 is 12.4. The summed E-state index contributed by atoms with van der Waals surface area (Å²) in [5, 5.41) is 3.36. The molecule has 1 atom stereocenters. The van der Waals surface area contributed by atoms with Gasteiger partial charge in [0.15, 0.2) is 5.78 Å². The van der Waals surface area contributed by atoms with Crippen LogP contribution >= 0.6 is 15.9 Å². The third-order valence-corrected chi connectivity index (χ3v) is 6.80. The summed E-state index contributed by atoms with van der Waals surface area (Å²) in [6.07, 6.45) is 1.21. The van der Waals surface area contributed by atoms with Gasteiger partial charge in [0.05, 0.1) is 12.2 Å². The van der Waals surface area contributed by atoms with Crippen molar-refractivity contribution in [2.24, 2.45) is 5.41 Å². The van der Waals surface area contributed by atoms with Crippen molar-refractivity contribution in [1.29, 1.82) is 0 Å². The van der Waals surface area contributed by atoms with Crippen molar-refractivity contribution in [1.82, 2.24) is 5.32 Å². The van der Waals surface area contributed by atoms with Gasteiger partial charge in [-0.15, -0.1) is 0 Å². The molecule has 0 saturated heterocycles. The van der Waals surface area contributed by atoms with E-state index in [1.165, 1.54) is 0 Å². The molecule has 178 valence electrons. The molecule has 1 aliphatic carbocycles. The van der Waals surface area contributed by atoms with E-state index in [9.17, 15) is 9.59 Å². The predicted molar refractivity (Wildman–Crippen MR) is 135 cm³/mol. The maximum atomic E-state index is 13.3. The molecular formula is C28H30BrNO4. The number of carbonyl (C=O) groups excluding carboxylic acids is 2. The van der Waals surface area contributed by atoms with E-state index in [0.717, 1.165) is 39.2 Å². The lowest BCUT2D eigenvalue weighted by Crippen LogP contribution is -2.38. The molecule has 5 nitrogen and oxygen atoms in total. The highest BCUT2D eigenvalue weighted by atomic mass is 79.9. The van der Waals surface area contributed by atoms with Gasteiger partial charge in [0.2, 0.25) is 0 Å². The number of dihydropyridines is 1. The fourth-order valence-electron chi connectivity index (χ4n) is 4.75. The number of hydrogen-bond acceptors (Lipinski definition) is 5. The Morgan fingerprint density at radius 3 is 2.41 bits per heavy atom. The average molecular weight is 524 g/mol. The Bertz CT molecular complexity index is 1160. The van der Waals surface area contributed by atoms with Crippen LogP contribution in [0.5, 0.6) is 5.75 Å². The Morgan fingerprint density at radius 1 is 1.09 bits per heavy atom. The van der Waals surface area contributed by atoms with Crippen LogP contribution in [0.1, 0.15) is 57.6 Å². The van der Waals surface area contributed by atoms with Crippen molar-refractivity contribution in [3.8, 4) is 5.75 Å². The van der Waals surface area contributed by atoms with E-state index in [2.05, 4.69) is 35.1 Å². The number of rotatable bonds is 6. The van der Waals surface area contributed by atoms with Crippen molar-refractivity contribution in [3.05, 3.63) is 86.7 Å². The average Bonchev–Trinajstić information content (AvgIpc) is 2.77. The Labute approximate surface area is 209 Å². The van der Waals surface area contributed by atoms with Gasteiger partial charge in [-0.05, 0) is 61.1 Å². The van der Waals surface area contributed by atoms with Crippen LogP contribution < -0.4 is 10.1 Å². The molecule has 1 N–H and O–H groups in total. The minimum atomic E-state index is -0.459. The molecule has 0 spiro atoms. The van der Waals surface area contributed by atoms with E-state index >= 15 is 0 Å². The van der Waals surface area contributed by atoms with Crippen molar-refractivity contribution in [3.63, 3.8) is 0 Å². The number of nitrogens with one attached hydrogen (secondary N) is 1. The van der Waals surface area contributed by atoms with Crippen LogP contribution in [0.2, 0.25) is 0 Å². The lowest BCUT2D eigenvalue weighted by Gasteiger charge is -2.39. The van der Waals surface area contributed by atoms with Gasteiger partial charge in [0.25, 0.3) is 0 Å². The van der Waals surface area contributed by atoms with Gasteiger partial charge in [-0.3, -0.25) is 4.79 Å². The number of halogens is 1. The molecule has 0 saturated carbocycles. The predicted octanol–water partition coefficient (Wildman–Crippen LogP) is 6.20. The highest BCUT2D eigenvalue weighted by Gasteiger charge is 2.43. The van der Waals surface area contributed by atoms with Crippen LogP contribution in [-0.4, -0.2) is 18.4 Å². The maximum Gasteiger partial charge on any atom is 0.336 e. The number of ketones is 1. The SMILES string of the molecule is CCOC(=O)C1=C(C)NC2=C(C(=O)CC(C)(C)C2)[C@@H]1c1ccc(OCc2ccc(Br)cc2)cc1. The Kier molecular flexibility index (Phi) is 6.99. The summed E-state index contributed by atoms with van der Waals surface area (Å²) in [4.78, 5) is 26.3. The van der Waals surface area contributed by atoms with Gasteiger partial charge in [-0.2, -0.15) is 0 Å². The molecule has 1 aliphatic heterocycles. The molecule has 0 aromatic heterocycles. The Balaban J connectivity index is 1.65. The standard InChI is InChI=1S/C28H30BrNO4/c1-5-33-27(32)24-17(2)30-22-14-28(3,4)15-23(31)26(22)25(24)19-8-12-21(13-9-19)34-16-18-6-10-20(29)11-7-18/h6-13,25,30H,5,14-16H2,1-4H3/t25-/m1/s1. The van der Waals surface area contributed by atoms with E-state index in [1.54, 1.807) is 6.92 Å². The third kappa shape index (κ3) is 5.12. The van der Waals surface area contributed by atoms with E-state index in [1.807, 2.05) is 55.5 Å². The maximum absolute atomic E-state index is 13.3. The molecule has 0 radical (unpaired) electrons. The summed E-state index contributed by atoms with van der Waals surface area (Å²) in [6, 6.07) is 15.7. The first-order valence-electron chi connectivity index (χ1n) is 11.6. The molecule has 2 aromatic carbocycles. The summed E-state index contributed by atoms with van der Waals surface area (Å²) in [6.45, 7) is 8.60. The van der Waals surface area contributed by atoms with Gasteiger partial charge >= 0.3 is 5.97 Å². The van der Waals surface area contributed by atoms with Gasteiger partial charge in [-0.1, -0.05) is 54.0 Å². The number of allylic oxidation sites excluding steroid dienone is 3. The van der Waals surface area contributed by atoms with Crippen LogP contribution in [0, 0.1) is 5.41 Å². The van der Waals surface area contributed by atoms with Gasteiger partial charge in [0.1, 0.15) is 12.4 Å². The van der Waals surface area contributed by atoms with Crippen molar-refractivity contribution in [2.75, 3.05) is 6.61 Å². The quantitative estimate of drug-likeness (QED) is 0.457. The number of ether oxygens (including phenoxy) is 2. The second kappa shape index (κ2) is 9.79. The summed E-state index contributed by atoms with van der Waals surface area (Å²) >= 11 is 3.44. The number of esters is 1. The molecule has 0 bridgehead atoms. The summed E-state index contributed by atoms with van der Waals surface area (Å²) in [5.74, 6) is -0.0467. The molecule has 0 unspecified atom stereocenters. The van der Waals surface area contributed by atoms with Crippen LogP contribution in [0.25, 0.3) is 0 Å². The first-order valence-corrected chi connectivity index (χ1v) is 12.4. The zero-order valence-electron chi connectivity index (χ0n) is 20.0. The summed E-state index contributed by atoms with van der Waals surface area (Å²) in [5.41, 5.74) is 4.64. The fourth-order valence-corrected chi connectivity index (χ4v) is 5.02. The fraction of sp³-hybridized carbons (Fsp3) is 0.357. The number of benzene rings is 2. The van der Waals surface area contributed by atoms with Gasteiger partial charge in [0, 0.05) is 33.8 Å². The minimum absolute atomic E-state index is 0.0774. The van der Waals surface area contributed by atoms with E-state index in [-0.39, 0.29) is 17.8 Å². The van der Waals surface area contributed by atoms with E-state index in [0.29, 0.717) is 24.2 Å². The van der Waals surface area contributed by atoms with Gasteiger partial charge in [-0.25, -0.2) is 4.79 Å². The monoisotopic (exact) mass is 523 g/mol. The second-order valence-electron chi connectivity index (χ2n) is 9.63. The largest absolute Gasteiger partial charge is 0.489 e. The minimum Gasteiger partial charge on any atom is -0.489 e. The van der Waals surface area contributed by atoms with E-state index < -0.39 is 11.9 Å². The Morgan fingerprint density at radius 2 is 1.76 bits per heavy atom. The topological polar surface area (TPSA) is 64.6 Å². The highest BCUT2D eigenvalue weighted by Crippen LogP contribution is 2.47. The molecule has 4 rings (SSSR count). The van der Waals surface area contributed by atoms with Crippen molar-refractivity contribution < 1.29 is 19.1 Å². The molecule has 2 aliphatic rings. The van der Waals surface area contributed by atoms with Crippen molar-refractivity contribution in [2.45, 2.75) is 53.1 Å². The van der Waals surface area contributed by atoms with Crippen LogP contribution in [0.15, 0.2) is 75.5 Å². The molecule has 2 aromatic rings. The zero-order chi connectivity index (χ0) is 24.5. The lowest BCUT2D eigenvalue weighted by atomic mass is 9.68. The lowest BCUT2D eigenvalue weighted by molar-refractivity contribution is -0.138. The van der Waals surface area contributed by atoms with E-state index in [4.69, 9.17) is 9.47 Å². The number of Topliss-reactive ketones (excluding diaryl/α,β-unsaturated/α-hetero) is 1. The van der Waals surface area contributed by atoms with Crippen LogP contribution in [0.4, 0.5) is 0 Å². The first-order chi connectivity index (χ1) is 16.2. The molecule has 34 heavy (non-hydrogen) atoms. The smallest absolute Gasteiger partial charge is 0.336 e. The normalized spacial score (nSPS) is 19.4. The molecule has 0 amide bonds. The van der Waals surface area contributed by atoms with Crippen molar-refractivity contribution >= 4 is 27.7 Å². The number of carbonyl (C=O) groups is 2.